The van der Waals surface area contributed by atoms with Gasteiger partial charge in [-0.25, -0.2) is 0 Å². The van der Waals surface area contributed by atoms with E-state index in [0.717, 1.165) is 28.0 Å². The van der Waals surface area contributed by atoms with E-state index in [9.17, 15) is 4.79 Å². The molecule has 0 aliphatic carbocycles. The summed E-state index contributed by atoms with van der Waals surface area (Å²) in [5.41, 5.74) is 2.95. The lowest BCUT2D eigenvalue weighted by Crippen LogP contribution is -2.14. The van der Waals surface area contributed by atoms with Crippen LogP contribution in [0.25, 0.3) is 11.0 Å². The van der Waals surface area contributed by atoms with Crippen molar-refractivity contribution in [1.82, 2.24) is 10.2 Å². The number of carbonyl (C=O) groups excluding carboxylic acids is 1. The van der Waals surface area contributed by atoms with Crippen LogP contribution < -0.4 is 5.32 Å². The molecule has 0 spiro atoms. The van der Waals surface area contributed by atoms with E-state index < -0.39 is 0 Å². The number of hydrogen-bond acceptors (Lipinski definition) is 5. The Kier molecular flexibility index (Phi) is 5.14. The SMILES string of the molecule is CC(C)Cc1nnc(NC(=O)Cc2coc3ccc(C(C)(C)C)cc23)s1. The van der Waals surface area contributed by atoms with Gasteiger partial charge in [0.1, 0.15) is 10.6 Å². The van der Waals surface area contributed by atoms with Gasteiger partial charge in [-0.1, -0.05) is 52.0 Å². The molecule has 2 aromatic heterocycles. The number of aromatic nitrogens is 2. The standard InChI is InChI=1S/C20H25N3O2S/c1-12(2)8-18-22-23-19(26-18)21-17(24)9-13-11-25-16-7-6-14(10-15(13)16)20(3,4)5/h6-7,10-12H,8-9H2,1-5H3,(H,21,23,24). The lowest BCUT2D eigenvalue weighted by Gasteiger charge is -2.18. The zero-order chi connectivity index (χ0) is 18.9. The minimum atomic E-state index is -0.110. The van der Waals surface area contributed by atoms with Crippen molar-refractivity contribution < 1.29 is 9.21 Å². The Labute approximate surface area is 157 Å². The first-order valence-corrected chi connectivity index (χ1v) is 9.67. The molecule has 1 amide bonds. The smallest absolute Gasteiger partial charge is 0.230 e. The van der Waals surface area contributed by atoms with Crippen LogP contribution in [-0.2, 0) is 23.1 Å². The monoisotopic (exact) mass is 371 g/mol. The van der Waals surface area contributed by atoms with E-state index in [2.05, 4.69) is 62.3 Å². The molecule has 1 aromatic carbocycles. The molecule has 0 aliphatic rings. The molecule has 0 bridgehead atoms. The zero-order valence-corrected chi connectivity index (χ0v) is 16.7. The van der Waals surface area contributed by atoms with E-state index in [1.165, 1.54) is 16.9 Å². The van der Waals surface area contributed by atoms with Gasteiger partial charge in [0, 0.05) is 17.4 Å². The van der Waals surface area contributed by atoms with Crippen molar-refractivity contribution in [3.05, 3.63) is 40.6 Å². The molecule has 0 fully saturated rings. The molecule has 0 radical (unpaired) electrons. The molecular weight excluding hydrogens is 346 g/mol. The van der Waals surface area contributed by atoms with Crippen LogP contribution in [0.4, 0.5) is 5.13 Å². The average Bonchev–Trinajstić information content (AvgIpc) is 3.12. The number of fused-ring (bicyclic) bond motifs is 1. The number of benzene rings is 1. The lowest BCUT2D eigenvalue weighted by molar-refractivity contribution is -0.115. The number of carbonyl (C=O) groups is 1. The molecule has 0 atom stereocenters. The molecule has 26 heavy (non-hydrogen) atoms. The molecule has 3 rings (SSSR count). The second kappa shape index (κ2) is 7.19. The Morgan fingerprint density at radius 3 is 2.73 bits per heavy atom. The van der Waals surface area contributed by atoms with Crippen molar-refractivity contribution in [2.75, 3.05) is 5.32 Å². The molecule has 2 heterocycles. The van der Waals surface area contributed by atoms with Gasteiger partial charge >= 0.3 is 0 Å². The molecule has 0 saturated carbocycles. The van der Waals surface area contributed by atoms with Gasteiger partial charge in [-0.05, 0) is 29.0 Å². The summed E-state index contributed by atoms with van der Waals surface area (Å²) in [4.78, 5) is 12.4. The van der Waals surface area contributed by atoms with Gasteiger partial charge in [0.05, 0.1) is 12.7 Å². The highest BCUT2D eigenvalue weighted by Crippen LogP contribution is 2.29. The average molecular weight is 372 g/mol. The van der Waals surface area contributed by atoms with Crippen molar-refractivity contribution in [2.24, 2.45) is 5.92 Å². The highest BCUT2D eigenvalue weighted by atomic mass is 32.1. The fourth-order valence-electron chi connectivity index (χ4n) is 2.76. The molecule has 138 valence electrons. The van der Waals surface area contributed by atoms with E-state index in [1.807, 2.05) is 6.07 Å². The summed E-state index contributed by atoms with van der Waals surface area (Å²) in [6.07, 6.45) is 2.79. The molecule has 3 aromatic rings. The maximum atomic E-state index is 12.4. The van der Waals surface area contributed by atoms with Gasteiger partial charge < -0.3 is 9.73 Å². The molecule has 6 heteroatoms. The Bertz CT molecular complexity index is 919. The van der Waals surface area contributed by atoms with Crippen LogP contribution in [0.3, 0.4) is 0 Å². The molecule has 0 saturated heterocycles. The fraction of sp³-hybridized carbons (Fsp3) is 0.450. The van der Waals surface area contributed by atoms with Crippen molar-refractivity contribution in [3.8, 4) is 0 Å². The van der Waals surface area contributed by atoms with Crippen molar-refractivity contribution in [2.45, 2.75) is 52.9 Å². The summed E-state index contributed by atoms with van der Waals surface area (Å²) < 4.78 is 5.61. The van der Waals surface area contributed by atoms with Gasteiger partial charge in [-0.2, -0.15) is 0 Å². The van der Waals surface area contributed by atoms with E-state index in [-0.39, 0.29) is 17.7 Å². The van der Waals surface area contributed by atoms with Crippen LogP contribution >= 0.6 is 11.3 Å². The van der Waals surface area contributed by atoms with Crippen molar-refractivity contribution in [1.29, 1.82) is 0 Å². The van der Waals surface area contributed by atoms with Crippen LogP contribution in [0.2, 0.25) is 0 Å². The number of furan rings is 1. The van der Waals surface area contributed by atoms with E-state index >= 15 is 0 Å². The van der Waals surface area contributed by atoms with Gasteiger partial charge in [0.15, 0.2) is 0 Å². The first-order valence-electron chi connectivity index (χ1n) is 8.85. The molecule has 0 unspecified atom stereocenters. The summed E-state index contributed by atoms with van der Waals surface area (Å²) in [5.74, 6) is 0.405. The first kappa shape index (κ1) is 18.6. The van der Waals surface area contributed by atoms with Gasteiger partial charge in [0.25, 0.3) is 0 Å². The topological polar surface area (TPSA) is 68.0 Å². The number of rotatable bonds is 5. The highest BCUT2D eigenvalue weighted by Gasteiger charge is 2.17. The summed E-state index contributed by atoms with van der Waals surface area (Å²) in [5, 5.41) is 13.5. The number of amides is 1. The molecule has 5 nitrogen and oxygen atoms in total. The third-order valence-corrected chi connectivity index (χ3v) is 5.03. The Morgan fingerprint density at radius 2 is 2.04 bits per heavy atom. The zero-order valence-electron chi connectivity index (χ0n) is 15.9. The molecule has 1 N–H and O–H groups in total. The minimum absolute atomic E-state index is 0.0460. The normalized spacial score (nSPS) is 12.1. The summed E-state index contributed by atoms with van der Waals surface area (Å²) in [6, 6.07) is 6.17. The van der Waals surface area contributed by atoms with E-state index in [4.69, 9.17) is 4.42 Å². The van der Waals surface area contributed by atoms with Crippen LogP contribution in [0, 0.1) is 5.92 Å². The number of nitrogens with zero attached hydrogens (tertiary/aromatic N) is 2. The maximum Gasteiger partial charge on any atom is 0.230 e. The second-order valence-corrected chi connectivity index (χ2v) is 9.11. The first-order chi connectivity index (χ1) is 12.2. The predicted octanol–water partition coefficient (Wildman–Crippen LogP) is 4.96. The van der Waals surface area contributed by atoms with Crippen LogP contribution in [-0.4, -0.2) is 16.1 Å². The van der Waals surface area contributed by atoms with Gasteiger partial charge in [-0.15, -0.1) is 10.2 Å². The van der Waals surface area contributed by atoms with E-state index in [1.54, 1.807) is 6.26 Å². The highest BCUT2D eigenvalue weighted by molar-refractivity contribution is 7.15. The molecular formula is C20H25N3O2S. The maximum absolute atomic E-state index is 12.4. The van der Waals surface area contributed by atoms with Gasteiger partial charge in [-0.3, -0.25) is 4.79 Å². The van der Waals surface area contributed by atoms with Crippen LogP contribution in [0.1, 0.15) is 50.8 Å². The summed E-state index contributed by atoms with van der Waals surface area (Å²) >= 11 is 1.43. The summed E-state index contributed by atoms with van der Waals surface area (Å²) in [7, 11) is 0. The fourth-order valence-corrected chi connectivity index (χ4v) is 3.73. The van der Waals surface area contributed by atoms with Crippen LogP contribution in [0.15, 0.2) is 28.9 Å². The lowest BCUT2D eigenvalue weighted by atomic mass is 9.86. The summed E-state index contributed by atoms with van der Waals surface area (Å²) in [6.45, 7) is 10.8. The van der Waals surface area contributed by atoms with Crippen LogP contribution in [0.5, 0.6) is 0 Å². The quantitative estimate of drug-likeness (QED) is 0.688. The number of hydrogen-bond donors (Lipinski definition) is 1. The van der Waals surface area contributed by atoms with E-state index in [0.29, 0.717) is 11.0 Å². The molecule has 0 aliphatic heterocycles. The minimum Gasteiger partial charge on any atom is -0.464 e. The second-order valence-electron chi connectivity index (χ2n) is 8.05. The Morgan fingerprint density at radius 1 is 1.27 bits per heavy atom. The Balaban J connectivity index is 1.74. The Hall–Kier alpha value is -2.21. The largest absolute Gasteiger partial charge is 0.464 e. The van der Waals surface area contributed by atoms with Gasteiger partial charge in [0.2, 0.25) is 11.0 Å². The van der Waals surface area contributed by atoms with Crippen molar-refractivity contribution in [3.63, 3.8) is 0 Å². The third-order valence-electron chi connectivity index (χ3n) is 4.17. The predicted molar refractivity (Wildman–Crippen MR) is 106 cm³/mol. The number of nitrogens with one attached hydrogen (secondary N) is 1. The third kappa shape index (κ3) is 4.30. The number of anilines is 1. The van der Waals surface area contributed by atoms with Crippen molar-refractivity contribution >= 4 is 33.3 Å².